The zero-order valence-electron chi connectivity index (χ0n) is 27.7. The van der Waals surface area contributed by atoms with Crippen LogP contribution in [0.5, 0.6) is 11.5 Å². The van der Waals surface area contributed by atoms with Crippen molar-refractivity contribution in [3.8, 4) is 11.5 Å². The van der Waals surface area contributed by atoms with Crippen molar-refractivity contribution in [2.24, 2.45) is 0 Å². The number of ether oxygens (including phenoxy) is 4. The molecule has 47 heavy (non-hydrogen) atoms. The van der Waals surface area contributed by atoms with Crippen LogP contribution < -0.4 is 20.1 Å². The van der Waals surface area contributed by atoms with Crippen LogP contribution in [-0.4, -0.2) is 66.6 Å². The van der Waals surface area contributed by atoms with Crippen LogP contribution in [0.25, 0.3) is 0 Å². The lowest BCUT2D eigenvalue weighted by Crippen LogP contribution is -2.34. The molecule has 0 spiro atoms. The number of non-ortho nitro benzene ring substituents is 1. The molecule has 3 N–H and O–H groups in total. The number of para-hydroxylation sites is 1. The fraction of sp³-hybridized carbons (Fsp3) is 0.471. The first-order chi connectivity index (χ1) is 21.9. The van der Waals surface area contributed by atoms with Crippen molar-refractivity contribution in [1.82, 2.24) is 10.6 Å². The normalized spacial score (nSPS) is 14.0. The smallest absolute Gasteiger partial charge is 0.337 e. The Morgan fingerprint density at radius 1 is 0.936 bits per heavy atom. The Bertz CT molecular complexity index is 1380. The number of nitro groups is 1. The predicted octanol–water partition coefficient (Wildman–Crippen LogP) is 5.34. The van der Waals surface area contributed by atoms with Gasteiger partial charge in [-0.2, -0.15) is 0 Å². The maximum atomic E-state index is 13.4. The number of hydrogen-bond donors (Lipinski definition) is 3. The summed E-state index contributed by atoms with van der Waals surface area (Å²) in [5, 5.41) is 28.3. The Kier molecular flexibility index (Phi) is 15.7. The van der Waals surface area contributed by atoms with E-state index in [9.17, 15) is 24.8 Å². The van der Waals surface area contributed by atoms with Gasteiger partial charge < -0.3 is 34.7 Å². The molecule has 1 aliphatic heterocycles. The van der Waals surface area contributed by atoms with Crippen molar-refractivity contribution in [2.45, 2.75) is 78.6 Å². The van der Waals surface area contributed by atoms with Gasteiger partial charge in [-0.15, -0.1) is 12.4 Å². The molecule has 2 aromatic carbocycles. The summed E-state index contributed by atoms with van der Waals surface area (Å²) in [6, 6.07) is 13.4. The van der Waals surface area contributed by atoms with Crippen LogP contribution in [0.4, 0.5) is 5.69 Å². The number of nitrogens with one attached hydrogen (secondary N) is 2. The third-order valence-corrected chi connectivity index (χ3v) is 6.97. The standard InChI is InChI=1S/C34H45N3O9.ClH/c1-21(2)45-33(39)30-23(5)36-24(6)31(34(40)46-22(3)4)32(30)28-18-25(37(41)42)14-15-29(28)43-17-11-10-16-35-19-26(38)20-44-27-12-8-7-9-13-27;/h7-9,12-15,18,21-22,26,32,35-36,38H,10-11,16-17,19-20H2,1-6H3;1H. The second-order valence-electron chi connectivity index (χ2n) is 11.6. The predicted molar refractivity (Wildman–Crippen MR) is 180 cm³/mol. The minimum Gasteiger partial charge on any atom is -0.493 e. The number of unbranched alkanes of at least 4 members (excludes halogenated alkanes) is 1. The van der Waals surface area contributed by atoms with Crippen LogP contribution in [0.2, 0.25) is 0 Å². The number of hydrogen-bond acceptors (Lipinski definition) is 11. The molecule has 0 radical (unpaired) electrons. The molecular formula is C34H46ClN3O9. The van der Waals surface area contributed by atoms with Gasteiger partial charge in [0.15, 0.2) is 0 Å². The van der Waals surface area contributed by atoms with E-state index < -0.39 is 41.1 Å². The van der Waals surface area contributed by atoms with Gasteiger partial charge in [0.2, 0.25) is 0 Å². The van der Waals surface area contributed by atoms with Gasteiger partial charge in [-0.1, -0.05) is 18.2 Å². The van der Waals surface area contributed by atoms with Gasteiger partial charge >= 0.3 is 11.9 Å². The minimum atomic E-state index is -1.05. The van der Waals surface area contributed by atoms with Crippen LogP contribution in [-0.2, 0) is 19.1 Å². The molecule has 258 valence electrons. The maximum Gasteiger partial charge on any atom is 0.337 e. The fourth-order valence-electron chi connectivity index (χ4n) is 4.98. The van der Waals surface area contributed by atoms with E-state index in [4.69, 9.17) is 18.9 Å². The number of dihydropyridines is 1. The average Bonchev–Trinajstić information content (AvgIpc) is 2.98. The topological polar surface area (TPSA) is 158 Å². The van der Waals surface area contributed by atoms with Crippen LogP contribution in [0.1, 0.15) is 65.9 Å². The molecule has 0 fully saturated rings. The zero-order valence-corrected chi connectivity index (χ0v) is 28.6. The molecular weight excluding hydrogens is 630 g/mol. The summed E-state index contributed by atoms with van der Waals surface area (Å²) in [4.78, 5) is 38.2. The summed E-state index contributed by atoms with van der Waals surface area (Å²) in [7, 11) is 0. The molecule has 2 aromatic rings. The quantitative estimate of drug-likeness (QED) is 0.0860. The van der Waals surface area contributed by atoms with E-state index in [0.717, 1.165) is 6.42 Å². The van der Waals surface area contributed by atoms with Crippen molar-refractivity contribution >= 4 is 30.0 Å². The highest BCUT2D eigenvalue weighted by atomic mass is 35.5. The Morgan fingerprint density at radius 2 is 1.53 bits per heavy atom. The number of esters is 2. The number of aliphatic hydroxyl groups is 1. The molecule has 0 bridgehead atoms. The SMILES string of the molecule is CC1=C(C(=O)OC(C)C)C(c2cc([N+](=O)[O-])ccc2OCCCCNCC(O)COc2ccccc2)C(C(=O)OC(C)C)=C(C)N1.Cl. The van der Waals surface area contributed by atoms with Gasteiger partial charge in [0.1, 0.15) is 24.2 Å². The molecule has 1 aliphatic rings. The van der Waals surface area contributed by atoms with Crippen LogP contribution in [0.15, 0.2) is 71.1 Å². The molecule has 0 saturated heterocycles. The highest BCUT2D eigenvalue weighted by Gasteiger charge is 2.40. The molecule has 0 aliphatic carbocycles. The van der Waals surface area contributed by atoms with E-state index in [2.05, 4.69) is 10.6 Å². The number of carbonyl (C=O) groups is 2. The van der Waals surface area contributed by atoms with Gasteiger partial charge in [0.25, 0.3) is 5.69 Å². The molecule has 13 heteroatoms. The number of nitro benzene ring substituents is 1. The number of carbonyl (C=O) groups excluding carboxylic acids is 2. The summed E-state index contributed by atoms with van der Waals surface area (Å²) in [5.41, 5.74) is 1.24. The first-order valence-electron chi connectivity index (χ1n) is 15.5. The second-order valence-corrected chi connectivity index (χ2v) is 11.6. The van der Waals surface area contributed by atoms with E-state index in [-0.39, 0.29) is 48.0 Å². The van der Waals surface area contributed by atoms with Crippen LogP contribution in [0.3, 0.4) is 0 Å². The Labute approximate surface area is 282 Å². The third kappa shape index (κ3) is 11.6. The molecule has 0 saturated carbocycles. The Balaban J connectivity index is 0.00000768. The first-order valence-corrected chi connectivity index (χ1v) is 15.5. The van der Waals surface area contributed by atoms with E-state index in [1.165, 1.54) is 18.2 Å². The summed E-state index contributed by atoms with van der Waals surface area (Å²) in [6.07, 6.45) is -0.222. The maximum absolute atomic E-state index is 13.4. The van der Waals surface area contributed by atoms with E-state index in [1.807, 2.05) is 30.3 Å². The lowest BCUT2D eigenvalue weighted by Gasteiger charge is -2.32. The number of nitrogens with zero attached hydrogens (tertiary/aromatic N) is 1. The zero-order chi connectivity index (χ0) is 33.8. The third-order valence-electron chi connectivity index (χ3n) is 6.97. The van der Waals surface area contributed by atoms with Crippen LogP contribution >= 0.6 is 12.4 Å². The largest absolute Gasteiger partial charge is 0.493 e. The van der Waals surface area contributed by atoms with Gasteiger partial charge in [0.05, 0.1) is 40.8 Å². The lowest BCUT2D eigenvalue weighted by atomic mass is 9.79. The van der Waals surface area contributed by atoms with E-state index in [0.29, 0.717) is 42.4 Å². The second kappa shape index (κ2) is 18.9. The molecule has 0 aromatic heterocycles. The Morgan fingerprint density at radius 3 is 2.09 bits per heavy atom. The summed E-state index contributed by atoms with van der Waals surface area (Å²) in [6.45, 7) is 11.6. The lowest BCUT2D eigenvalue weighted by molar-refractivity contribution is -0.384. The van der Waals surface area contributed by atoms with Crippen molar-refractivity contribution in [1.29, 1.82) is 0 Å². The van der Waals surface area contributed by atoms with E-state index in [1.54, 1.807) is 41.5 Å². The van der Waals surface area contributed by atoms with E-state index >= 15 is 0 Å². The number of rotatable bonds is 17. The minimum absolute atomic E-state index is 0. The molecule has 1 unspecified atom stereocenters. The van der Waals surface area contributed by atoms with Gasteiger partial charge in [-0.3, -0.25) is 10.1 Å². The first kappa shape index (κ1) is 39.1. The average molecular weight is 676 g/mol. The summed E-state index contributed by atoms with van der Waals surface area (Å²) < 4.78 is 22.8. The van der Waals surface area contributed by atoms with Crippen molar-refractivity contribution in [3.05, 3.63) is 86.7 Å². The number of allylic oxidation sites excluding steroid dienone is 2. The van der Waals surface area contributed by atoms with Crippen LogP contribution in [0, 0.1) is 10.1 Å². The van der Waals surface area contributed by atoms with Crippen molar-refractivity contribution in [2.75, 3.05) is 26.3 Å². The number of halogens is 1. The monoisotopic (exact) mass is 675 g/mol. The summed E-state index contributed by atoms with van der Waals surface area (Å²) in [5.74, 6) is -1.38. The number of aliphatic hydroxyl groups excluding tert-OH is 1. The Hall–Kier alpha value is -4.13. The van der Waals surface area contributed by atoms with Gasteiger partial charge in [0, 0.05) is 35.6 Å². The van der Waals surface area contributed by atoms with Crippen molar-refractivity contribution < 1.29 is 38.6 Å². The summed E-state index contributed by atoms with van der Waals surface area (Å²) >= 11 is 0. The van der Waals surface area contributed by atoms with Gasteiger partial charge in [-0.25, -0.2) is 9.59 Å². The van der Waals surface area contributed by atoms with Crippen molar-refractivity contribution in [3.63, 3.8) is 0 Å². The molecule has 12 nitrogen and oxygen atoms in total. The molecule has 0 amide bonds. The highest BCUT2D eigenvalue weighted by Crippen LogP contribution is 2.44. The van der Waals surface area contributed by atoms with Gasteiger partial charge in [-0.05, 0) is 79.1 Å². The molecule has 1 atom stereocenters. The molecule has 3 rings (SSSR count). The number of benzene rings is 2. The fourth-order valence-corrected chi connectivity index (χ4v) is 4.98. The molecule has 1 heterocycles. The highest BCUT2D eigenvalue weighted by molar-refractivity contribution is 6.00.